The van der Waals surface area contributed by atoms with Crippen LogP contribution >= 0.6 is 23.2 Å². The van der Waals surface area contributed by atoms with Crippen LogP contribution in [-0.2, 0) is 19.1 Å². The standard InChI is InChI=1S/C24H30Cl2O6/c1-12-7-16-15-6-5-14-8-18(28)17(25)9-21(14,3)23(15,26)19(29)10-22(16,4)24(12,31)20(30)11-32-13(2)27/h8-9,12,15-16,19,29,31H,5-7,10-11H2,1-4H3/t12?,15-,16-,19?,21-,22-,23-,24-/m0/s1. The maximum Gasteiger partial charge on any atom is 0.303 e. The molecule has 0 amide bonds. The van der Waals surface area contributed by atoms with Gasteiger partial charge in [0.2, 0.25) is 5.78 Å². The van der Waals surface area contributed by atoms with Crippen LogP contribution in [0.15, 0.2) is 22.8 Å². The first-order chi connectivity index (χ1) is 14.7. The first-order valence-corrected chi connectivity index (χ1v) is 11.9. The Balaban J connectivity index is 1.77. The van der Waals surface area contributed by atoms with E-state index in [2.05, 4.69) is 0 Å². The van der Waals surface area contributed by atoms with Gasteiger partial charge in [-0.1, -0.05) is 37.9 Å². The molecular formula is C24H30Cl2O6. The second kappa shape index (κ2) is 7.39. The number of Topliss-reactive ketones (excluding diaryl/α,β-unsaturated/α-hetero) is 1. The molecule has 6 nitrogen and oxygen atoms in total. The summed E-state index contributed by atoms with van der Waals surface area (Å²) in [6.45, 7) is 6.29. The molecule has 0 spiro atoms. The molecule has 0 aliphatic heterocycles. The number of ether oxygens (including phenoxy) is 1. The number of ketones is 2. The predicted octanol–water partition coefficient (Wildman–Crippen LogP) is 3.30. The van der Waals surface area contributed by atoms with Gasteiger partial charge >= 0.3 is 5.97 Å². The third-order valence-corrected chi connectivity index (χ3v) is 10.3. The van der Waals surface area contributed by atoms with Crippen LogP contribution in [-0.4, -0.2) is 50.9 Å². The molecule has 0 aromatic rings. The van der Waals surface area contributed by atoms with Gasteiger partial charge in [0.15, 0.2) is 12.4 Å². The van der Waals surface area contributed by atoms with Crippen LogP contribution in [0.4, 0.5) is 0 Å². The molecule has 8 atom stereocenters. The zero-order chi connectivity index (χ0) is 23.9. The maximum absolute atomic E-state index is 13.1. The van der Waals surface area contributed by atoms with Crippen molar-refractivity contribution in [1.29, 1.82) is 0 Å². The maximum atomic E-state index is 13.1. The number of fused-ring (bicyclic) bond motifs is 5. The second-order valence-electron chi connectivity index (χ2n) is 10.5. The Bertz CT molecular complexity index is 958. The molecule has 8 heteroatoms. The number of allylic oxidation sites excluding steroid dienone is 4. The third-order valence-electron chi connectivity index (χ3n) is 9.11. The van der Waals surface area contributed by atoms with Gasteiger partial charge in [0, 0.05) is 17.8 Å². The minimum absolute atomic E-state index is 0.0883. The fourth-order valence-corrected chi connectivity index (χ4v) is 8.26. The Morgan fingerprint density at radius 3 is 2.56 bits per heavy atom. The van der Waals surface area contributed by atoms with E-state index in [1.54, 1.807) is 12.2 Å². The lowest BCUT2D eigenvalue weighted by molar-refractivity contribution is -0.182. The van der Waals surface area contributed by atoms with Crippen LogP contribution in [0.2, 0.25) is 0 Å². The summed E-state index contributed by atoms with van der Waals surface area (Å²) in [5.41, 5.74) is -2.66. The molecule has 3 saturated carbocycles. The highest BCUT2D eigenvalue weighted by molar-refractivity contribution is 6.44. The van der Waals surface area contributed by atoms with Crippen LogP contribution in [0.25, 0.3) is 0 Å². The third kappa shape index (κ3) is 2.82. The number of hydrogen-bond acceptors (Lipinski definition) is 6. The summed E-state index contributed by atoms with van der Waals surface area (Å²) in [7, 11) is 0. The molecule has 2 N–H and O–H groups in total. The van der Waals surface area contributed by atoms with Crippen molar-refractivity contribution in [2.75, 3.05) is 6.61 Å². The van der Waals surface area contributed by atoms with Gasteiger partial charge in [-0.15, -0.1) is 11.6 Å². The fourth-order valence-electron chi connectivity index (χ4n) is 7.47. The van der Waals surface area contributed by atoms with Crippen molar-refractivity contribution in [2.24, 2.45) is 28.6 Å². The highest BCUT2D eigenvalue weighted by atomic mass is 35.5. The van der Waals surface area contributed by atoms with Gasteiger partial charge in [0.1, 0.15) is 5.60 Å². The number of aliphatic hydroxyl groups is 2. The molecule has 3 fully saturated rings. The zero-order valence-corrected chi connectivity index (χ0v) is 20.3. The van der Waals surface area contributed by atoms with Gasteiger partial charge in [0.05, 0.1) is 16.0 Å². The Morgan fingerprint density at radius 1 is 1.28 bits per heavy atom. The second-order valence-corrected chi connectivity index (χ2v) is 11.5. The number of esters is 1. The van der Waals surface area contributed by atoms with E-state index in [-0.39, 0.29) is 29.1 Å². The molecule has 0 bridgehead atoms. The Morgan fingerprint density at radius 2 is 1.94 bits per heavy atom. The van der Waals surface area contributed by atoms with E-state index in [4.69, 9.17) is 27.9 Å². The molecule has 32 heavy (non-hydrogen) atoms. The Kier molecular flexibility index (Phi) is 5.53. The summed E-state index contributed by atoms with van der Waals surface area (Å²) < 4.78 is 4.92. The summed E-state index contributed by atoms with van der Waals surface area (Å²) in [5, 5.41) is 23.4. The Hall–Kier alpha value is -1.21. The summed E-state index contributed by atoms with van der Waals surface area (Å²) in [6.07, 6.45) is 4.06. The van der Waals surface area contributed by atoms with Crippen molar-refractivity contribution in [2.45, 2.75) is 70.0 Å². The van der Waals surface area contributed by atoms with Gasteiger partial charge in [-0.25, -0.2) is 0 Å². The normalized spacial score (nSPS) is 47.6. The molecule has 2 unspecified atom stereocenters. The minimum Gasteiger partial charge on any atom is -0.458 e. The van der Waals surface area contributed by atoms with Gasteiger partial charge in [0.25, 0.3) is 0 Å². The van der Waals surface area contributed by atoms with E-state index >= 15 is 0 Å². The quantitative estimate of drug-likeness (QED) is 0.470. The summed E-state index contributed by atoms with van der Waals surface area (Å²) in [4.78, 5) is 35.5. The van der Waals surface area contributed by atoms with Crippen molar-refractivity contribution >= 4 is 40.7 Å². The van der Waals surface area contributed by atoms with E-state index in [1.807, 2.05) is 20.8 Å². The van der Waals surface area contributed by atoms with Crippen LogP contribution in [0, 0.1) is 28.6 Å². The lowest BCUT2D eigenvalue weighted by atomic mass is 9.45. The molecule has 4 aliphatic rings. The van der Waals surface area contributed by atoms with E-state index in [0.717, 1.165) is 5.57 Å². The predicted molar refractivity (Wildman–Crippen MR) is 119 cm³/mol. The molecule has 176 valence electrons. The average Bonchev–Trinajstić information content (AvgIpc) is 2.90. The SMILES string of the molecule is CC(=O)OCC(=O)[C@@]1(O)C(C)C[C@H]2[C@@H]3CCC4=CC(=O)C(Cl)=C[C@]4(C)[C@@]3(Cl)C(O)C[C@@]21C. The van der Waals surface area contributed by atoms with Gasteiger partial charge in [-0.2, -0.15) is 0 Å². The topological polar surface area (TPSA) is 101 Å². The van der Waals surface area contributed by atoms with E-state index in [1.165, 1.54) is 6.92 Å². The largest absolute Gasteiger partial charge is 0.458 e. The summed E-state index contributed by atoms with van der Waals surface area (Å²) in [6, 6.07) is 0. The smallest absolute Gasteiger partial charge is 0.303 e. The van der Waals surface area contributed by atoms with E-state index < -0.39 is 51.7 Å². The number of rotatable bonds is 3. The van der Waals surface area contributed by atoms with Gasteiger partial charge < -0.3 is 14.9 Å². The van der Waals surface area contributed by atoms with Crippen molar-refractivity contribution in [3.8, 4) is 0 Å². The molecule has 0 aromatic carbocycles. The van der Waals surface area contributed by atoms with Crippen molar-refractivity contribution in [1.82, 2.24) is 0 Å². The average molecular weight is 485 g/mol. The number of halogens is 2. The van der Waals surface area contributed by atoms with Gasteiger partial charge in [-0.3, -0.25) is 14.4 Å². The monoisotopic (exact) mass is 484 g/mol. The molecule has 0 saturated heterocycles. The van der Waals surface area contributed by atoms with Crippen molar-refractivity contribution < 1.29 is 29.3 Å². The number of hydrogen-bond donors (Lipinski definition) is 2. The fraction of sp³-hybridized carbons (Fsp3) is 0.708. The van der Waals surface area contributed by atoms with Crippen molar-refractivity contribution in [3.05, 3.63) is 22.8 Å². The first-order valence-electron chi connectivity index (χ1n) is 11.1. The number of carbonyl (C=O) groups excluding carboxylic acids is 3. The number of alkyl halides is 1. The van der Waals surface area contributed by atoms with E-state index in [9.17, 15) is 24.6 Å². The lowest BCUT2D eigenvalue weighted by Gasteiger charge is -2.64. The molecular weight excluding hydrogens is 455 g/mol. The molecule has 0 heterocycles. The van der Waals surface area contributed by atoms with E-state index in [0.29, 0.717) is 19.3 Å². The summed E-state index contributed by atoms with van der Waals surface area (Å²) >= 11 is 13.6. The van der Waals surface area contributed by atoms with Gasteiger partial charge in [-0.05, 0) is 55.6 Å². The molecule has 0 radical (unpaired) electrons. The van der Waals surface area contributed by atoms with Crippen molar-refractivity contribution in [3.63, 3.8) is 0 Å². The highest BCUT2D eigenvalue weighted by Crippen LogP contribution is 2.71. The minimum atomic E-state index is -1.75. The number of aliphatic hydroxyl groups excluding tert-OH is 1. The zero-order valence-electron chi connectivity index (χ0n) is 18.8. The van der Waals surface area contributed by atoms with Crippen LogP contribution in [0.3, 0.4) is 0 Å². The molecule has 4 aliphatic carbocycles. The molecule has 4 rings (SSSR count). The highest BCUT2D eigenvalue weighted by Gasteiger charge is 2.74. The van der Waals surface area contributed by atoms with Crippen LogP contribution < -0.4 is 0 Å². The summed E-state index contributed by atoms with van der Waals surface area (Å²) in [5.74, 6) is -2.16. The molecule has 0 aromatic heterocycles. The Labute approximate surface area is 198 Å². The lowest BCUT2D eigenvalue weighted by Crippen LogP contribution is -2.69. The first kappa shape index (κ1) is 23.9. The van der Waals surface area contributed by atoms with Crippen LogP contribution in [0.5, 0.6) is 0 Å². The van der Waals surface area contributed by atoms with Crippen LogP contribution in [0.1, 0.15) is 53.4 Å². The number of carbonyl (C=O) groups is 3.